The first-order valence-electron chi connectivity index (χ1n) is 32.8. The number of phosphoric ester groups is 1. The zero-order valence-corrected chi connectivity index (χ0v) is 53.8. The van der Waals surface area contributed by atoms with Gasteiger partial charge in [0.15, 0.2) is 0 Å². The van der Waals surface area contributed by atoms with Crippen molar-refractivity contribution in [1.82, 2.24) is 5.32 Å². The number of quaternary nitrogens is 1. The van der Waals surface area contributed by atoms with E-state index in [0.29, 0.717) is 23.9 Å². The van der Waals surface area contributed by atoms with Gasteiger partial charge in [0.05, 0.1) is 33.8 Å². The quantitative estimate of drug-likeness (QED) is 0.0212. The lowest BCUT2D eigenvalue weighted by Gasteiger charge is -2.30. The SMILES string of the molecule is CC/C=C\C/C=C\C/C=C\C/C=C\C/C=C\C/C=C\CCCCCCC(=O)OC(/C=C/CCCCCCCCCCCCC)C(COP(=O)([O-])OCC[N+](C)(C)C)NC(=O)CCCCCCCC/C=C\C/C=C\C/C=C\CCCCC. The molecule has 3 atom stereocenters. The van der Waals surface area contributed by atoms with Crippen molar-refractivity contribution in [2.45, 2.75) is 277 Å². The van der Waals surface area contributed by atoms with Crippen molar-refractivity contribution in [3.8, 4) is 0 Å². The second-order valence-corrected chi connectivity index (χ2v) is 24.3. The summed E-state index contributed by atoms with van der Waals surface area (Å²) in [6, 6.07) is -0.915. The molecule has 0 aliphatic rings. The Hall–Kier alpha value is -3.59. The van der Waals surface area contributed by atoms with E-state index in [1.807, 2.05) is 33.3 Å². The molecule has 9 nitrogen and oxygen atoms in total. The fourth-order valence-electron chi connectivity index (χ4n) is 8.83. The molecule has 0 bridgehead atoms. The molecule has 0 heterocycles. The average molecular weight is 1150 g/mol. The molecule has 464 valence electrons. The lowest BCUT2D eigenvalue weighted by Crippen LogP contribution is -2.47. The lowest BCUT2D eigenvalue weighted by atomic mass is 10.0. The van der Waals surface area contributed by atoms with Gasteiger partial charge < -0.3 is 28.5 Å². The lowest BCUT2D eigenvalue weighted by molar-refractivity contribution is -0.870. The second-order valence-electron chi connectivity index (χ2n) is 22.9. The highest BCUT2D eigenvalue weighted by molar-refractivity contribution is 7.45. The number of allylic oxidation sites excluding steroid dienone is 19. The minimum atomic E-state index is -4.72. The predicted molar refractivity (Wildman–Crippen MR) is 348 cm³/mol. The number of hydrogen-bond donors (Lipinski definition) is 1. The molecule has 10 heteroatoms. The van der Waals surface area contributed by atoms with Gasteiger partial charge in [-0.2, -0.15) is 0 Å². The van der Waals surface area contributed by atoms with Gasteiger partial charge in [-0.1, -0.05) is 252 Å². The van der Waals surface area contributed by atoms with Gasteiger partial charge in [-0.05, 0) is 122 Å². The molecular formula is C71H123N2O7P. The minimum Gasteiger partial charge on any atom is -0.756 e. The van der Waals surface area contributed by atoms with Crippen LogP contribution in [0.5, 0.6) is 0 Å². The summed E-state index contributed by atoms with van der Waals surface area (Å²) in [5.74, 6) is -0.590. The molecule has 3 unspecified atom stereocenters. The Morgan fingerprint density at radius 2 is 0.790 bits per heavy atom. The number of unbranched alkanes of at least 4 members (excludes halogenated alkanes) is 24. The predicted octanol–water partition coefficient (Wildman–Crippen LogP) is 20.0. The van der Waals surface area contributed by atoms with Crippen LogP contribution in [0.3, 0.4) is 0 Å². The molecule has 0 radical (unpaired) electrons. The molecule has 1 N–H and O–H groups in total. The van der Waals surface area contributed by atoms with Crippen LogP contribution in [-0.2, 0) is 27.9 Å². The van der Waals surface area contributed by atoms with Crippen molar-refractivity contribution in [2.75, 3.05) is 40.9 Å². The maximum atomic E-state index is 13.6. The van der Waals surface area contributed by atoms with Crippen LogP contribution in [-0.4, -0.2) is 69.4 Å². The Morgan fingerprint density at radius 3 is 1.21 bits per heavy atom. The third-order valence-electron chi connectivity index (χ3n) is 13.9. The molecule has 0 aromatic carbocycles. The Kier molecular flexibility index (Phi) is 56.9. The molecule has 0 aromatic heterocycles. The van der Waals surface area contributed by atoms with Crippen LogP contribution in [0, 0.1) is 0 Å². The van der Waals surface area contributed by atoms with Crippen LogP contribution >= 0.6 is 7.82 Å². The minimum absolute atomic E-state index is 0.0359. The molecule has 0 aliphatic carbocycles. The first kappa shape index (κ1) is 77.4. The van der Waals surface area contributed by atoms with Gasteiger partial charge >= 0.3 is 5.97 Å². The normalized spacial score (nSPS) is 14.4. The standard InChI is InChI=1S/C71H123N2O7P/c1-7-10-13-16-19-22-25-28-30-32-34-35-36-37-39-41-43-46-49-52-55-58-61-64-71(75)80-69(62-59-56-53-50-47-44-27-24-21-18-15-12-9-3)68(67-79-81(76,77)78-66-65-73(4,5)6)72-70(74)63-60-57-54-51-48-45-42-40-38-33-31-29-26-23-20-17-14-11-8-2/h10,13,19-20,22-23,28-31,34-35,37-40,43,46,59,62,68-69H,7-9,11-12,14-18,21,24-27,32-33,36,41-42,44-45,47-58,60-61,63-67H2,1-6H3,(H-,72,74,76,77)/b13-10-,22-19-,23-20-,30-28-,31-29-,35-34-,39-37-,40-38-,46-43-,62-59+. The zero-order valence-electron chi connectivity index (χ0n) is 52.9. The van der Waals surface area contributed by atoms with E-state index in [-0.39, 0.29) is 31.3 Å². The first-order valence-corrected chi connectivity index (χ1v) is 34.3. The van der Waals surface area contributed by atoms with E-state index in [1.54, 1.807) is 0 Å². The summed E-state index contributed by atoms with van der Waals surface area (Å²) in [7, 11) is 1.14. The molecule has 0 rings (SSSR count). The van der Waals surface area contributed by atoms with Crippen LogP contribution < -0.4 is 10.2 Å². The Balaban J connectivity index is 5.32. The number of likely N-dealkylation sites (N-methyl/N-ethyl adjacent to an activating group) is 1. The third-order valence-corrected chi connectivity index (χ3v) is 14.8. The maximum absolute atomic E-state index is 13.6. The van der Waals surface area contributed by atoms with Crippen LogP contribution in [0.4, 0.5) is 0 Å². The molecule has 0 saturated carbocycles. The molecule has 81 heavy (non-hydrogen) atoms. The highest BCUT2D eigenvalue weighted by Crippen LogP contribution is 2.38. The van der Waals surface area contributed by atoms with Gasteiger partial charge in [0.25, 0.3) is 7.82 Å². The first-order chi connectivity index (χ1) is 39.4. The summed E-state index contributed by atoms with van der Waals surface area (Å²) < 4.78 is 30.4. The van der Waals surface area contributed by atoms with Crippen molar-refractivity contribution in [2.24, 2.45) is 0 Å². The maximum Gasteiger partial charge on any atom is 0.306 e. The van der Waals surface area contributed by atoms with Crippen LogP contribution in [0.25, 0.3) is 0 Å². The highest BCUT2D eigenvalue weighted by atomic mass is 31.2. The Bertz CT molecular complexity index is 1800. The fourth-order valence-corrected chi connectivity index (χ4v) is 9.55. The summed E-state index contributed by atoms with van der Waals surface area (Å²) in [4.78, 5) is 40.1. The molecular weight excluding hydrogens is 1020 g/mol. The number of carbonyl (C=O) groups excluding carboxylic acids is 2. The number of hydrogen-bond acceptors (Lipinski definition) is 7. The van der Waals surface area contributed by atoms with E-state index in [2.05, 4.69) is 135 Å². The summed E-state index contributed by atoms with van der Waals surface area (Å²) in [5.41, 5.74) is 0. The smallest absolute Gasteiger partial charge is 0.306 e. The van der Waals surface area contributed by atoms with Crippen molar-refractivity contribution in [3.63, 3.8) is 0 Å². The Labute approximate surface area is 499 Å². The van der Waals surface area contributed by atoms with E-state index >= 15 is 0 Å². The van der Waals surface area contributed by atoms with Crippen LogP contribution in [0.1, 0.15) is 265 Å². The molecule has 0 saturated heterocycles. The van der Waals surface area contributed by atoms with Crippen molar-refractivity contribution < 1.29 is 37.3 Å². The summed E-state index contributed by atoms with van der Waals surface area (Å²) in [6.07, 6.45) is 83.0. The number of phosphoric acid groups is 1. The topological polar surface area (TPSA) is 114 Å². The van der Waals surface area contributed by atoms with E-state index in [0.717, 1.165) is 135 Å². The van der Waals surface area contributed by atoms with E-state index in [4.69, 9.17) is 13.8 Å². The van der Waals surface area contributed by atoms with Crippen molar-refractivity contribution in [3.05, 3.63) is 122 Å². The molecule has 1 amide bonds. The monoisotopic (exact) mass is 1150 g/mol. The van der Waals surface area contributed by atoms with Gasteiger partial charge in [0.1, 0.15) is 19.3 Å². The van der Waals surface area contributed by atoms with E-state index in [9.17, 15) is 19.0 Å². The molecule has 0 aliphatic heterocycles. The number of ether oxygens (including phenoxy) is 1. The van der Waals surface area contributed by atoms with Crippen LogP contribution in [0.15, 0.2) is 122 Å². The fraction of sp³-hybridized carbons (Fsp3) is 0.690. The van der Waals surface area contributed by atoms with Gasteiger partial charge in [-0.25, -0.2) is 0 Å². The molecule has 0 aromatic rings. The number of nitrogens with zero attached hydrogens (tertiary/aromatic N) is 1. The zero-order chi connectivity index (χ0) is 59.3. The summed E-state index contributed by atoms with van der Waals surface area (Å²) in [5, 5.41) is 3.02. The number of nitrogens with one attached hydrogen (secondary N) is 1. The van der Waals surface area contributed by atoms with Gasteiger partial charge in [0.2, 0.25) is 5.91 Å². The molecule has 0 spiro atoms. The average Bonchev–Trinajstić information content (AvgIpc) is 3.44. The number of esters is 1. The van der Waals surface area contributed by atoms with Crippen molar-refractivity contribution >= 4 is 19.7 Å². The number of amides is 1. The summed E-state index contributed by atoms with van der Waals surface area (Å²) in [6.45, 7) is 6.67. The highest BCUT2D eigenvalue weighted by Gasteiger charge is 2.27. The number of rotatable bonds is 58. The second kappa shape index (κ2) is 59.6. The largest absolute Gasteiger partial charge is 0.756 e. The van der Waals surface area contributed by atoms with Gasteiger partial charge in [-0.15, -0.1) is 0 Å². The van der Waals surface area contributed by atoms with Gasteiger partial charge in [-0.3, -0.25) is 14.2 Å². The third kappa shape index (κ3) is 60.8. The molecule has 0 fully saturated rings. The number of carbonyl (C=O) groups is 2. The van der Waals surface area contributed by atoms with E-state index in [1.165, 1.54) is 83.5 Å². The van der Waals surface area contributed by atoms with Gasteiger partial charge in [0, 0.05) is 12.8 Å². The van der Waals surface area contributed by atoms with Crippen LogP contribution in [0.2, 0.25) is 0 Å². The Morgan fingerprint density at radius 1 is 0.444 bits per heavy atom. The van der Waals surface area contributed by atoms with E-state index < -0.39 is 26.6 Å². The summed E-state index contributed by atoms with van der Waals surface area (Å²) >= 11 is 0. The van der Waals surface area contributed by atoms with Crippen molar-refractivity contribution in [1.29, 1.82) is 0 Å².